The Bertz CT molecular complexity index is 366. The average Bonchev–Trinajstić information content (AvgIpc) is 3.13. The Hall–Kier alpha value is -1.35. The van der Waals surface area contributed by atoms with Crippen molar-refractivity contribution in [2.45, 2.75) is 32.3 Å². The maximum atomic E-state index is 11.1. The summed E-state index contributed by atoms with van der Waals surface area (Å²) in [5.41, 5.74) is 0.725. The summed E-state index contributed by atoms with van der Waals surface area (Å²) >= 11 is 0. The minimum absolute atomic E-state index is 0.0842. The number of hydrogen-bond donors (Lipinski definition) is 0. The Kier molecular flexibility index (Phi) is 4.15. The van der Waals surface area contributed by atoms with Gasteiger partial charge in [0.15, 0.2) is 5.78 Å². The fourth-order valence-corrected chi connectivity index (χ4v) is 1.68. The van der Waals surface area contributed by atoms with Gasteiger partial charge in [-0.15, -0.1) is 0 Å². The molecule has 17 heavy (non-hydrogen) atoms. The highest BCUT2D eigenvalue weighted by Gasteiger charge is 2.20. The van der Waals surface area contributed by atoms with Gasteiger partial charge in [-0.3, -0.25) is 4.79 Å². The topological polar surface area (TPSA) is 38.8 Å². The van der Waals surface area contributed by atoms with Crippen molar-refractivity contribution in [3.05, 3.63) is 29.8 Å². The van der Waals surface area contributed by atoms with Gasteiger partial charge in [0.25, 0.3) is 0 Å². The largest absolute Gasteiger partial charge is 0.494 e. The molecule has 0 bridgehead atoms. The molecule has 92 valence electrons. The lowest BCUT2D eigenvalue weighted by Crippen LogP contribution is -1.99. The molecular formula is C14H18O3. The molecule has 1 aliphatic rings. The Labute approximate surface area is 102 Å². The lowest BCUT2D eigenvalue weighted by Gasteiger charge is -2.06. The molecular weight excluding hydrogens is 216 g/mol. The number of ketones is 1. The molecule has 1 aliphatic heterocycles. The highest BCUT2D eigenvalue weighted by molar-refractivity contribution is 5.94. The Morgan fingerprint density at radius 2 is 2.06 bits per heavy atom. The summed E-state index contributed by atoms with van der Waals surface area (Å²) < 4.78 is 10.7. The van der Waals surface area contributed by atoms with Gasteiger partial charge < -0.3 is 9.47 Å². The van der Waals surface area contributed by atoms with Gasteiger partial charge in [0.05, 0.1) is 19.3 Å². The maximum absolute atomic E-state index is 11.1. The van der Waals surface area contributed by atoms with Crippen LogP contribution < -0.4 is 4.74 Å². The fourth-order valence-electron chi connectivity index (χ4n) is 1.68. The summed E-state index contributed by atoms with van der Waals surface area (Å²) in [5, 5.41) is 0. The van der Waals surface area contributed by atoms with Crippen molar-refractivity contribution >= 4 is 5.78 Å². The second-order valence-electron chi connectivity index (χ2n) is 4.38. The van der Waals surface area contributed by atoms with Crippen molar-refractivity contribution in [1.82, 2.24) is 0 Å². The summed E-state index contributed by atoms with van der Waals surface area (Å²) in [5.74, 6) is 0.915. The molecule has 1 aromatic rings. The molecule has 0 radical (unpaired) electrons. The van der Waals surface area contributed by atoms with Crippen molar-refractivity contribution in [3.8, 4) is 5.75 Å². The van der Waals surface area contributed by atoms with E-state index in [1.54, 1.807) is 19.1 Å². The first-order valence-electron chi connectivity index (χ1n) is 6.11. The lowest BCUT2D eigenvalue weighted by atomic mass is 10.1. The monoisotopic (exact) mass is 234 g/mol. The number of carbonyl (C=O) groups is 1. The van der Waals surface area contributed by atoms with Gasteiger partial charge in [-0.2, -0.15) is 0 Å². The predicted molar refractivity (Wildman–Crippen MR) is 65.5 cm³/mol. The molecule has 1 atom stereocenters. The van der Waals surface area contributed by atoms with Gasteiger partial charge in [0.1, 0.15) is 5.75 Å². The first-order valence-corrected chi connectivity index (χ1v) is 6.11. The zero-order valence-corrected chi connectivity index (χ0v) is 10.1. The van der Waals surface area contributed by atoms with E-state index in [1.807, 2.05) is 12.1 Å². The smallest absolute Gasteiger partial charge is 0.159 e. The molecule has 3 nitrogen and oxygen atoms in total. The number of Topliss-reactive ketones (excluding diaryl/α,β-unsaturated/α-hetero) is 1. The highest BCUT2D eigenvalue weighted by Crippen LogP contribution is 2.17. The molecule has 0 aliphatic carbocycles. The number of unbranched alkanes of at least 4 members (excludes halogenated alkanes) is 1. The van der Waals surface area contributed by atoms with E-state index >= 15 is 0 Å². The summed E-state index contributed by atoms with van der Waals surface area (Å²) in [6.07, 6.45) is 3.86. The average molecular weight is 234 g/mol. The van der Waals surface area contributed by atoms with Crippen LogP contribution in [0.3, 0.4) is 0 Å². The van der Waals surface area contributed by atoms with Crippen molar-refractivity contribution < 1.29 is 14.3 Å². The molecule has 0 amide bonds. The maximum Gasteiger partial charge on any atom is 0.159 e. The Balaban J connectivity index is 1.65. The first-order chi connectivity index (χ1) is 8.25. The van der Waals surface area contributed by atoms with Crippen molar-refractivity contribution in [2.75, 3.05) is 13.2 Å². The summed E-state index contributed by atoms with van der Waals surface area (Å²) in [6.45, 7) is 3.23. The molecule has 1 heterocycles. The van der Waals surface area contributed by atoms with E-state index in [2.05, 4.69) is 0 Å². The van der Waals surface area contributed by atoms with Crippen LogP contribution in [0, 0.1) is 0 Å². The third-order valence-corrected chi connectivity index (χ3v) is 2.85. The molecule has 1 aromatic carbocycles. The van der Waals surface area contributed by atoms with Crippen LogP contribution in [0.5, 0.6) is 5.75 Å². The van der Waals surface area contributed by atoms with Crippen LogP contribution in [0.1, 0.15) is 36.5 Å². The fraction of sp³-hybridized carbons (Fsp3) is 0.500. The second-order valence-corrected chi connectivity index (χ2v) is 4.38. The van der Waals surface area contributed by atoms with Crippen LogP contribution >= 0.6 is 0 Å². The molecule has 0 spiro atoms. The van der Waals surface area contributed by atoms with Crippen LogP contribution in [0.15, 0.2) is 24.3 Å². The van der Waals surface area contributed by atoms with Crippen LogP contribution in [0.4, 0.5) is 0 Å². The molecule has 0 saturated carbocycles. The molecule has 0 N–H and O–H groups in total. The quantitative estimate of drug-likeness (QED) is 0.413. The number of ether oxygens (including phenoxy) is 2. The van der Waals surface area contributed by atoms with Crippen LogP contribution in [0.25, 0.3) is 0 Å². The number of benzene rings is 1. The minimum atomic E-state index is 0.0842. The van der Waals surface area contributed by atoms with Gasteiger partial charge in [-0.1, -0.05) is 0 Å². The Morgan fingerprint density at radius 1 is 1.35 bits per heavy atom. The number of rotatable bonds is 7. The number of carbonyl (C=O) groups excluding carboxylic acids is 1. The van der Waals surface area contributed by atoms with Gasteiger partial charge >= 0.3 is 0 Å². The Morgan fingerprint density at radius 3 is 2.65 bits per heavy atom. The van der Waals surface area contributed by atoms with E-state index in [0.717, 1.165) is 43.8 Å². The van der Waals surface area contributed by atoms with E-state index < -0.39 is 0 Å². The van der Waals surface area contributed by atoms with Crippen molar-refractivity contribution in [1.29, 1.82) is 0 Å². The molecule has 1 unspecified atom stereocenters. The van der Waals surface area contributed by atoms with Crippen LogP contribution in [-0.4, -0.2) is 25.1 Å². The van der Waals surface area contributed by atoms with Gasteiger partial charge in [-0.25, -0.2) is 0 Å². The van der Waals surface area contributed by atoms with E-state index in [1.165, 1.54) is 0 Å². The SMILES string of the molecule is CC(=O)c1ccc(OCCCCC2CO2)cc1. The molecule has 1 fully saturated rings. The van der Waals surface area contributed by atoms with Crippen molar-refractivity contribution in [3.63, 3.8) is 0 Å². The predicted octanol–water partition coefficient (Wildman–Crippen LogP) is 2.84. The van der Waals surface area contributed by atoms with Gasteiger partial charge in [0, 0.05) is 5.56 Å². The van der Waals surface area contributed by atoms with E-state index in [9.17, 15) is 4.79 Å². The summed E-state index contributed by atoms with van der Waals surface area (Å²) in [4.78, 5) is 11.1. The third kappa shape index (κ3) is 4.19. The third-order valence-electron chi connectivity index (χ3n) is 2.85. The lowest BCUT2D eigenvalue weighted by molar-refractivity contribution is 0.101. The summed E-state index contributed by atoms with van der Waals surface area (Å²) in [6, 6.07) is 7.30. The second kappa shape index (κ2) is 5.82. The normalized spacial score (nSPS) is 17.8. The van der Waals surface area contributed by atoms with Crippen LogP contribution in [0.2, 0.25) is 0 Å². The first kappa shape index (κ1) is 12.1. The molecule has 2 rings (SSSR count). The minimum Gasteiger partial charge on any atom is -0.494 e. The van der Waals surface area contributed by atoms with Crippen molar-refractivity contribution in [2.24, 2.45) is 0 Å². The molecule has 3 heteroatoms. The van der Waals surface area contributed by atoms with E-state index in [4.69, 9.17) is 9.47 Å². The standard InChI is InChI=1S/C14H18O3/c1-11(15)12-5-7-13(8-6-12)16-9-3-2-4-14-10-17-14/h5-8,14H,2-4,9-10H2,1H3. The number of hydrogen-bond acceptors (Lipinski definition) is 3. The number of epoxide rings is 1. The van der Waals surface area contributed by atoms with E-state index in [0.29, 0.717) is 6.10 Å². The molecule has 1 saturated heterocycles. The highest BCUT2D eigenvalue weighted by atomic mass is 16.6. The van der Waals surface area contributed by atoms with Gasteiger partial charge in [-0.05, 0) is 50.5 Å². The zero-order chi connectivity index (χ0) is 12.1. The summed E-state index contributed by atoms with van der Waals surface area (Å²) in [7, 11) is 0. The van der Waals surface area contributed by atoms with Gasteiger partial charge in [0.2, 0.25) is 0 Å². The van der Waals surface area contributed by atoms with Crippen LogP contribution in [-0.2, 0) is 4.74 Å². The zero-order valence-electron chi connectivity index (χ0n) is 10.1. The van der Waals surface area contributed by atoms with E-state index in [-0.39, 0.29) is 5.78 Å². The molecule has 0 aromatic heterocycles.